The van der Waals surface area contributed by atoms with Crippen LogP contribution in [0.2, 0.25) is 0 Å². The van der Waals surface area contributed by atoms with Gasteiger partial charge in [-0.25, -0.2) is 15.2 Å². The van der Waals surface area contributed by atoms with Crippen molar-refractivity contribution in [3.63, 3.8) is 0 Å². The van der Waals surface area contributed by atoms with Gasteiger partial charge in [0.1, 0.15) is 0 Å². The second-order valence-corrected chi connectivity index (χ2v) is 9.09. The van der Waals surface area contributed by atoms with E-state index in [2.05, 4.69) is 15.0 Å². The topological polar surface area (TPSA) is 159 Å². The summed E-state index contributed by atoms with van der Waals surface area (Å²) in [6.45, 7) is 1.40. The number of ketones is 1. The number of para-hydroxylation sites is 1. The Bertz CT molecular complexity index is 1540. The van der Waals surface area contributed by atoms with Crippen LogP contribution in [-0.4, -0.2) is 81.6 Å². The van der Waals surface area contributed by atoms with E-state index in [9.17, 15) is 14.0 Å². The molecule has 0 bridgehead atoms. The van der Waals surface area contributed by atoms with Crippen LogP contribution >= 0.6 is 0 Å². The molecule has 5 rings (SSSR count). The predicted octanol–water partition coefficient (Wildman–Crippen LogP) is 0.990. The molecule has 1 aromatic carbocycles. The number of aromatic amines is 1. The number of nitrogens with two attached hydrogens (primary N) is 2. The highest BCUT2D eigenvalue weighted by atomic mass is 19.1. The molecule has 0 atom stereocenters. The predicted molar refractivity (Wildman–Crippen MR) is 145 cm³/mol. The van der Waals surface area contributed by atoms with Crippen molar-refractivity contribution < 1.29 is 14.0 Å². The first-order valence-corrected chi connectivity index (χ1v) is 12.2. The zero-order valence-electron chi connectivity index (χ0n) is 21.5. The summed E-state index contributed by atoms with van der Waals surface area (Å²) in [6, 6.07) is 9.68. The van der Waals surface area contributed by atoms with E-state index < -0.39 is 17.5 Å². The number of halogens is 1. The standard InChI is InChI=1S/C25H28FN11O2/c1-33(2)25-31-24(32-37(25)16-6-4-3-5-7-16)35-12-10-34(11-13-35)23(39)21(38)17-14-29-20-19(17)18(26)15-30-22(20)36(28)9-8-27/h3-9,14-15,29H,10-13,27-28H2,1-2H3/b9-8-. The van der Waals surface area contributed by atoms with Crippen LogP contribution in [0.4, 0.5) is 22.1 Å². The van der Waals surface area contributed by atoms with Gasteiger partial charge >= 0.3 is 0 Å². The average molecular weight is 534 g/mol. The Morgan fingerprint density at radius 2 is 1.85 bits per heavy atom. The lowest BCUT2D eigenvalue weighted by Crippen LogP contribution is -2.51. The Morgan fingerprint density at radius 1 is 1.13 bits per heavy atom. The van der Waals surface area contributed by atoms with E-state index in [1.807, 2.05) is 54.2 Å². The van der Waals surface area contributed by atoms with Gasteiger partial charge in [-0.3, -0.25) is 14.6 Å². The van der Waals surface area contributed by atoms with Gasteiger partial charge in [0.05, 0.1) is 28.4 Å². The first-order chi connectivity index (χ1) is 18.8. The minimum absolute atomic E-state index is 0.0651. The number of anilines is 3. The number of carbonyl (C=O) groups is 2. The third-order valence-electron chi connectivity index (χ3n) is 6.40. The maximum absolute atomic E-state index is 14.7. The highest BCUT2D eigenvalue weighted by Crippen LogP contribution is 2.29. The largest absolute Gasteiger partial charge is 0.403 e. The minimum Gasteiger partial charge on any atom is -0.403 e. The summed E-state index contributed by atoms with van der Waals surface area (Å²) in [5.74, 6) is 4.92. The smallest absolute Gasteiger partial charge is 0.295 e. The molecule has 1 saturated heterocycles. The Hall–Kier alpha value is -4.98. The van der Waals surface area contributed by atoms with Gasteiger partial charge in [-0.05, 0) is 12.1 Å². The van der Waals surface area contributed by atoms with Crippen molar-refractivity contribution in [2.45, 2.75) is 0 Å². The summed E-state index contributed by atoms with van der Waals surface area (Å²) < 4.78 is 16.5. The fourth-order valence-electron chi connectivity index (χ4n) is 4.46. The maximum Gasteiger partial charge on any atom is 0.295 e. The van der Waals surface area contributed by atoms with Crippen molar-refractivity contribution in [2.24, 2.45) is 11.6 Å². The molecule has 4 heterocycles. The van der Waals surface area contributed by atoms with E-state index >= 15 is 0 Å². The number of amides is 1. The maximum atomic E-state index is 14.7. The number of piperazine rings is 1. The summed E-state index contributed by atoms with van der Waals surface area (Å²) >= 11 is 0. The molecule has 0 unspecified atom stereocenters. The highest BCUT2D eigenvalue weighted by molar-refractivity contribution is 6.45. The minimum atomic E-state index is -0.829. The van der Waals surface area contributed by atoms with Gasteiger partial charge in [-0.2, -0.15) is 9.67 Å². The molecule has 1 amide bonds. The van der Waals surface area contributed by atoms with Crippen molar-refractivity contribution in [2.75, 3.05) is 55.1 Å². The highest BCUT2D eigenvalue weighted by Gasteiger charge is 2.31. The van der Waals surface area contributed by atoms with Crippen molar-refractivity contribution in [1.29, 1.82) is 0 Å². The van der Waals surface area contributed by atoms with Crippen LogP contribution in [0.25, 0.3) is 16.6 Å². The number of nitrogens with zero attached hydrogens (tertiary/aromatic N) is 8. The number of fused-ring (bicyclic) bond motifs is 1. The summed E-state index contributed by atoms with van der Waals surface area (Å²) in [5.41, 5.74) is 6.33. The van der Waals surface area contributed by atoms with Crippen LogP contribution in [0.5, 0.6) is 0 Å². The second kappa shape index (κ2) is 10.4. The van der Waals surface area contributed by atoms with Crippen LogP contribution in [-0.2, 0) is 4.79 Å². The van der Waals surface area contributed by atoms with Gasteiger partial charge in [-0.15, -0.1) is 5.10 Å². The van der Waals surface area contributed by atoms with Gasteiger partial charge < -0.3 is 25.4 Å². The third kappa shape index (κ3) is 4.72. The normalized spacial score (nSPS) is 13.8. The lowest BCUT2D eigenvalue weighted by Gasteiger charge is -2.33. The molecule has 0 radical (unpaired) electrons. The zero-order valence-corrected chi connectivity index (χ0v) is 21.5. The quantitative estimate of drug-likeness (QED) is 0.135. The van der Waals surface area contributed by atoms with Crippen LogP contribution in [0.15, 0.2) is 55.1 Å². The van der Waals surface area contributed by atoms with Gasteiger partial charge in [0, 0.05) is 58.9 Å². The molecule has 39 heavy (non-hydrogen) atoms. The lowest BCUT2D eigenvalue weighted by molar-refractivity contribution is -0.126. The van der Waals surface area contributed by atoms with Crippen molar-refractivity contribution in [1.82, 2.24) is 29.6 Å². The Morgan fingerprint density at radius 3 is 2.51 bits per heavy atom. The van der Waals surface area contributed by atoms with Gasteiger partial charge in [0.25, 0.3) is 11.7 Å². The van der Waals surface area contributed by atoms with Crippen molar-refractivity contribution >= 4 is 40.3 Å². The third-order valence-corrected chi connectivity index (χ3v) is 6.40. The number of rotatable bonds is 7. The van der Waals surface area contributed by atoms with Crippen molar-refractivity contribution in [3.8, 4) is 5.69 Å². The van der Waals surface area contributed by atoms with E-state index in [0.29, 0.717) is 25.0 Å². The fraction of sp³-hybridized carbons (Fsp3) is 0.240. The Kier molecular flexibility index (Phi) is 6.85. The Labute approximate surface area is 223 Å². The number of hydrogen-bond acceptors (Lipinski definition) is 10. The summed E-state index contributed by atoms with van der Waals surface area (Å²) in [7, 11) is 3.78. The average Bonchev–Trinajstić information content (AvgIpc) is 3.60. The molecule has 1 aliphatic heterocycles. The SMILES string of the molecule is CN(C)c1nc(N2CCN(C(=O)C(=O)c3c[nH]c4c(N(N)/C=C\N)ncc(F)c34)CC2)nn1-c1ccccc1. The molecule has 1 aliphatic rings. The van der Waals surface area contributed by atoms with Crippen molar-refractivity contribution in [3.05, 3.63) is 66.5 Å². The second-order valence-electron chi connectivity index (χ2n) is 9.09. The lowest BCUT2D eigenvalue weighted by atomic mass is 10.1. The fourth-order valence-corrected chi connectivity index (χ4v) is 4.46. The van der Waals surface area contributed by atoms with Crippen LogP contribution in [0.1, 0.15) is 10.4 Å². The number of carbonyl (C=O) groups excluding carboxylic acids is 2. The van der Waals surface area contributed by atoms with Crippen LogP contribution in [0.3, 0.4) is 0 Å². The van der Waals surface area contributed by atoms with E-state index in [1.54, 1.807) is 4.68 Å². The molecule has 5 N–H and O–H groups in total. The number of aromatic nitrogens is 5. The molecule has 1 fully saturated rings. The number of benzene rings is 1. The van der Waals surface area contributed by atoms with E-state index in [-0.39, 0.29) is 35.4 Å². The number of hydrogen-bond donors (Lipinski definition) is 3. The first kappa shape index (κ1) is 25.7. The monoisotopic (exact) mass is 533 g/mol. The van der Waals surface area contributed by atoms with Gasteiger partial charge in [0.2, 0.25) is 11.9 Å². The molecule has 0 spiro atoms. The molecular formula is C25H28FN11O2. The van der Waals surface area contributed by atoms with E-state index in [0.717, 1.165) is 16.9 Å². The molecule has 13 nitrogen and oxygen atoms in total. The number of nitrogens with one attached hydrogen (secondary N) is 1. The summed E-state index contributed by atoms with van der Waals surface area (Å²) in [4.78, 5) is 43.1. The first-order valence-electron chi connectivity index (χ1n) is 12.2. The van der Waals surface area contributed by atoms with E-state index in [1.165, 1.54) is 23.5 Å². The summed E-state index contributed by atoms with van der Waals surface area (Å²) in [5, 5.41) is 5.71. The Balaban J connectivity index is 1.32. The molecule has 3 aromatic heterocycles. The number of pyridine rings is 1. The van der Waals surface area contributed by atoms with E-state index in [4.69, 9.17) is 16.7 Å². The zero-order chi connectivity index (χ0) is 27.7. The van der Waals surface area contributed by atoms with Gasteiger partial charge in [-0.1, -0.05) is 18.2 Å². The van der Waals surface area contributed by atoms with Crippen LogP contribution in [0, 0.1) is 5.82 Å². The molecular weight excluding hydrogens is 505 g/mol. The molecule has 0 saturated carbocycles. The number of hydrazine groups is 1. The number of H-pyrrole nitrogens is 1. The molecule has 4 aromatic rings. The molecule has 202 valence electrons. The number of Topliss-reactive ketones (excluding diaryl/α,β-unsaturated/α-hetero) is 1. The molecule has 14 heteroatoms. The van der Waals surface area contributed by atoms with Crippen LogP contribution < -0.4 is 26.4 Å². The van der Waals surface area contributed by atoms with Gasteiger partial charge in [0.15, 0.2) is 11.6 Å². The molecule has 0 aliphatic carbocycles. The summed E-state index contributed by atoms with van der Waals surface area (Å²) in [6.07, 6.45) is 4.75.